The van der Waals surface area contributed by atoms with Crippen LogP contribution in [0.3, 0.4) is 0 Å². The van der Waals surface area contributed by atoms with Gasteiger partial charge in [0.25, 0.3) is 0 Å². The van der Waals surface area contributed by atoms with Crippen molar-refractivity contribution in [3.63, 3.8) is 0 Å². The maximum absolute atomic E-state index is 5.76. The van der Waals surface area contributed by atoms with Gasteiger partial charge in [0.2, 0.25) is 0 Å². The zero-order valence-corrected chi connectivity index (χ0v) is 11.8. The predicted octanol–water partition coefficient (Wildman–Crippen LogP) is 2.02. The van der Waals surface area contributed by atoms with Crippen molar-refractivity contribution in [2.75, 3.05) is 0 Å². The SMILES string of the molecule is CCn1nc(C)cc1CC(NN)C1CCC(C)C1. The molecule has 0 bridgehead atoms. The molecule has 0 spiro atoms. The van der Waals surface area contributed by atoms with Crippen molar-refractivity contribution in [1.29, 1.82) is 0 Å². The standard InChI is InChI=1S/C14H26N4/c1-4-18-13(8-11(3)17-18)9-14(16-15)12-6-5-10(2)7-12/h8,10,12,14,16H,4-7,9,15H2,1-3H3. The van der Waals surface area contributed by atoms with Gasteiger partial charge in [0.15, 0.2) is 0 Å². The normalized spacial score (nSPS) is 25.6. The molecule has 0 saturated heterocycles. The number of nitrogens with two attached hydrogens (primary N) is 1. The largest absolute Gasteiger partial charge is 0.271 e. The molecule has 1 aromatic heterocycles. The zero-order valence-electron chi connectivity index (χ0n) is 11.8. The van der Waals surface area contributed by atoms with Crippen LogP contribution >= 0.6 is 0 Å². The second-order valence-electron chi connectivity index (χ2n) is 5.75. The molecule has 18 heavy (non-hydrogen) atoms. The molecule has 1 heterocycles. The molecule has 2 rings (SSSR count). The van der Waals surface area contributed by atoms with E-state index in [1.54, 1.807) is 0 Å². The van der Waals surface area contributed by atoms with E-state index in [0.717, 1.165) is 24.6 Å². The Morgan fingerprint density at radius 1 is 1.56 bits per heavy atom. The summed E-state index contributed by atoms with van der Waals surface area (Å²) in [7, 11) is 0. The van der Waals surface area contributed by atoms with Gasteiger partial charge in [-0.25, -0.2) is 0 Å². The lowest BCUT2D eigenvalue weighted by molar-refractivity contribution is 0.346. The van der Waals surface area contributed by atoms with Gasteiger partial charge in [0.1, 0.15) is 0 Å². The first-order chi connectivity index (χ1) is 8.63. The lowest BCUT2D eigenvalue weighted by Gasteiger charge is -2.23. The maximum Gasteiger partial charge on any atom is 0.0596 e. The first-order valence-electron chi connectivity index (χ1n) is 7.13. The average molecular weight is 250 g/mol. The second-order valence-corrected chi connectivity index (χ2v) is 5.75. The fourth-order valence-corrected chi connectivity index (χ4v) is 3.24. The van der Waals surface area contributed by atoms with E-state index in [1.165, 1.54) is 25.0 Å². The van der Waals surface area contributed by atoms with Crippen LogP contribution < -0.4 is 11.3 Å². The van der Waals surface area contributed by atoms with Gasteiger partial charge in [0, 0.05) is 24.7 Å². The summed E-state index contributed by atoms with van der Waals surface area (Å²) in [4.78, 5) is 0. The molecule has 1 fully saturated rings. The molecule has 1 aliphatic carbocycles. The molecule has 1 saturated carbocycles. The van der Waals surface area contributed by atoms with Crippen molar-refractivity contribution in [2.24, 2.45) is 17.7 Å². The molecule has 0 radical (unpaired) electrons. The first kappa shape index (κ1) is 13.6. The fourth-order valence-electron chi connectivity index (χ4n) is 3.24. The number of hydrogen-bond donors (Lipinski definition) is 2. The molecule has 3 unspecified atom stereocenters. The van der Waals surface area contributed by atoms with Crippen molar-refractivity contribution in [3.05, 3.63) is 17.5 Å². The predicted molar refractivity (Wildman–Crippen MR) is 74.0 cm³/mol. The highest BCUT2D eigenvalue weighted by Gasteiger charge is 2.28. The molecule has 3 N–H and O–H groups in total. The third-order valence-corrected chi connectivity index (χ3v) is 4.23. The number of hydrogen-bond acceptors (Lipinski definition) is 3. The number of aryl methyl sites for hydroxylation is 2. The van der Waals surface area contributed by atoms with E-state index in [4.69, 9.17) is 5.84 Å². The van der Waals surface area contributed by atoms with Crippen molar-refractivity contribution in [2.45, 2.75) is 59.0 Å². The maximum atomic E-state index is 5.76. The van der Waals surface area contributed by atoms with Crippen molar-refractivity contribution >= 4 is 0 Å². The minimum atomic E-state index is 0.386. The topological polar surface area (TPSA) is 55.9 Å². The third-order valence-electron chi connectivity index (χ3n) is 4.23. The summed E-state index contributed by atoms with van der Waals surface area (Å²) in [6, 6.07) is 2.57. The molecule has 4 heteroatoms. The average Bonchev–Trinajstić information content (AvgIpc) is 2.92. The Labute approximate surface area is 110 Å². The van der Waals surface area contributed by atoms with Gasteiger partial charge in [0.05, 0.1) is 5.69 Å². The summed E-state index contributed by atoms with van der Waals surface area (Å²) < 4.78 is 2.10. The Bertz CT molecular complexity index is 385. The number of aromatic nitrogens is 2. The van der Waals surface area contributed by atoms with Crippen molar-refractivity contribution < 1.29 is 0 Å². The molecule has 4 nitrogen and oxygen atoms in total. The Kier molecular flexibility index (Phi) is 4.40. The Morgan fingerprint density at radius 3 is 2.89 bits per heavy atom. The van der Waals surface area contributed by atoms with Gasteiger partial charge in [-0.1, -0.05) is 13.3 Å². The minimum absolute atomic E-state index is 0.386. The molecule has 3 atom stereocenters. The van der Waals surface area contributed by atoms with Gasteiger partial charge in [-0.2, -0.15) is 5.10 Å². The van der Waals surface area contributed by atoms with Crippen LogP contribution in [0.5, 0.6) is 0 Å². The number of nitrogens with zero attached hydrogens (tertiary/aromatic N) is 2. The second kappa shape index (κ2) is 5.85. The Balaban J connectivity index is 2.05. The monoisotopic (exact) mass is 250 g/mol. The molecular formula is C14H26N4. The van der Waals surface area contributed by atoms with Gasteiger partial charge >= 0.3 is 0 Å². The third kappa shape index (κ3) is 2.93. The van der Waals surface area contributed by atoms with E-state index < -0.39 is 0 Å². The zero-order chi connectivity index (χ0) is 13.1. The number of hydrazine groups is 1. The smallest absolute Gasteiger partial charge is 0.0596 e. The van der Waals surface area contributed by atoms with Crippen LogP contribution in [0.15, 0.2) is 6.07 Å². The van der Waals surface area contributed by atoms with Crippen LogP contribution in [0.4, 0.5) is 0 Å². The lowest BCUT2D eigenvalue weighted by atomic mass is 9.93. The van der Waals surface area contributed by atoms with Gasteiger partial charge in [-0.15, -0.1) is 0 Å². The van der Waals surface area contributed by atoms with Crippen LogP contribution in [0.1, 0.15) is 44.5 Å². The molecule has 1 aromatic rings. The lowest BCUT2D eigenvalue weighted by Crippen LogP contribution is -2.42. The Morgan fingerprint density at radius 2 is 2.33 bits per heavy atom. The quantitative estimate of drug-likeness (QED) is 0.621. The molecule has 102 valence electrons. The highest BCUT2D eigenvalue weighted by Crippen LogP contribution is 2.33. The molecule has 0 aromatic carbocycles. The summed E-state index contributed by atoms with van der Waals surface area (Å²) in [6.45, 7) is 7.46. The van der Waals surface area contributed by atoms with Gasteiger partial charge < -0.3 is 0 Å². The van der Waals surface area contributed by atoms with Gasteiger partial charge in [-0.3, -0.25) is 16.0 Å². The number of rotatable bonds is 5. The summed E-state index contributed by atoms with van der Waals surface area (Å²) in [6.07, 6.45) is 4.93. The molecular weight excluding hydrogens is 224 g/mol. The van der Waals surface area contributed by atoms with Crippen LogP contribution in [0.2, 0.25) is 0 Å². The van der Waals surface area contributed by atoms with E-state index in [-0.39, 0.29) is 0 Å². The summed E-state index contributed by atoms with van der Waals surface area (Å²) in [5, 5.41) is 4.51. The van der Waals surface area contributed by atoms with Crippen molar-refractivity contribution in [3.8, 4) is 0 Å². The van der Waals surface area contributed by atoms with E-state index >= 15 is 0 Å². The summed E-state index contributed by atoms with van der Waals surface area (Å²) >= 11 is 0. The minimum Gasteiger partial charge on any atom is -0.271 e. The van der Waals surface area contributed by atoms with Crippen LogP contribution in [0, 0.1) is 18.8 Å². The highest BCUT2D eigenvalue weighted by atomic mass is 15.3. The van der Waals surface area contributed by atoms with E-state index in [2.05, 4.69) is 42.0 Å². The first-order valence-corrected chi connectivity index (χ1v) is 7.13. The summed E-state index contributed by atoms with van der Waals surface area (Å²) in [5.41, 5.74) is 5.44. The van der Waals surface area contributed by atoms with Crippen LogP contribution in [-0.4, -0.2) is 15.8 Å². The Hall–Kier alpha value is -0.870. The van der Waals surface area contributed by atoms with Crippen molar-refractivity contribution in [1.82, 2.24) is 15.2 Å². The van der Waals surface area contributed by atoms with E-state index in [1.807, 2.05) is 0 Å². The highest BCUT2D eigenvalue weighted by molar-refractivity contribution is 5.11. The van der Waals surface area contributed by atoms with Crippen LogP contribution in [-0.2, 0) is 13.0 Å². The summed E-state index contributed by atoms with van der Waals surface area (Å²) in [5.74, 6) is 7.33. The molecule has 0 aliphatic heterocycles. The van der Waals surface area contributed by atoms with E-state index in [0.29, 0.717) is 12.0 Å². The van der Waals surface area contributed by atoms with Crippen LogP contribution in [0.25, 0.3) is 0 Å². The number of nitrogens with one attached hydrogen (secondary N) is 1. The fraction of sp³-hybridized carbons (Fsp3) is 0.786. The molecule has 0 amide bonds. The van der Waals surface area contributed by atoms with Gasteiger partial charge in [-0.05, 0) is 44.6 Å². The van der Waals surface area contributed by atoms with E-state index in [9.17, 15) is 0 Å². The molecule has 1 aliphatic rings.